The Kier molecular flexibility index (Phi) is 4.59. The molecule has 2 aromatic carbocycles. The summed E-state index contributed by atoms with van der Waals surface area (Å²) < 4.78 is 5.95. The van der Waals surface area contributed by atoms with Crippen LogP contribution in [0.3, 0.4) is 0 Å². The maximum atomic E-state index is 13.0. The van der Waals surface area contributed by atoms with Crippen LogP contribution in [0.2, 0.25) is 0 Å². The summed E-state index contributed by atoms with van der Waals surface area (Å²) in [6, 6.07) is 12.2. The molecule has 0 aliphatic carbocycles. The number of amides is 3. The van der Waals surface area contributed by atoms with E-state index < -0.39 is 0 Å². The Morgan fingerprint density at radius 2 is 1.85 bits per heavy atom. The van der Waals surface area contributed by atoms with E-state index >= 15 is 0 Å². The Morgan fingerprint density at radius 3 is 2.54 bits per heavy atom. The van der Waals surface area contributed by atoms with Crippen LogP contribution in [0.4, 0.5) is 16.2 Å². The molecule has 0 fully saturated rings. The monoisotopic (exact) mass is 353 g/mol. The number of fused-ring (bicyclic) bond motifs is 2. The van der Waals surface area contributed by atoms with Crippen LogP contribution in [0.1, 0.15) is 38.1 Å². The molecule has 3 amide bonds. The molecule has 1 aliphatic heterocycles. The van der Waals surface area contributed by atoms with Crippen LogP contribution in [0.5, 0.6) is 11.5 Å². The Labute approximate surface area is 153 Å². The van der Waals surface area contributed by atoms with Crippen molar-refractivity contribution in [3.63, 3.8) is 0 Å². The van der Waals surface area contributed by atoms with Gasteiger partial charge in [-0.15, -0.1) is 0 Å². The van der Waals surface area contributed by atoms with Gasteiger partial charge in [-0.25, -0.2) is 4.79 Å². The second kappa shape index (κ2) is 6.71. The topological polar surface area (TPSA) is 70.7 Å². The van der Waals surface area contributed by atoms with Crippen molar-refractivity contribution in [2.45, 2.75) is 33.2 Å². The number of carbonyl (C=O) groups is 2. The summed E-state index contributed by atoms with van der Waals surface area (Å²) in [6.07, 6.45) is 0. The minimum atomic E-state index is -0.352. The summed E-state index contributed by atoms with van der Waals surface area (Å²) in [5.74, 6) is 0.945. The van der Waals surface area contributed by atoms with Gasteiger partial charge in [0.1, 0.15) is 5.75 Å². The first-order valence-electron chi connectivity index (χ1n) is 8.60. The Morgan fingerprint density at radius 1 is 1.12 bits per heavy atom. The van der Waals surface area contributed by atoms with E-state index in [0.717, 1.165) is 5.69 Å². The summed E-state index contributed by atoms with van der Waals surface area (Å²) in [6.45, 7) is 8.13. The van der Waals surface area contributed by atoms with Gasteiger partial charge in [-0.2, -0.15) is 0 Å². The van der Waals surface area contributed by atoms with E-state index in [2.05, 4.69) is 10.6 Å². The van der Waals surface area contributed by atoms with Crippen LogP contribution in [0.25, 0.3) is 0 Å². The number of rotatable bonds is 2. The molecule has 0 atom stereocenters. The summed E-state index contributed by atoms with van der Waals surface area (Å²) in [7, 11) is 0. The zero-order valence-electron chi connectivity index (χ0n) is 15.4. The zero-order chi connectivity index (χ0) is 18.9. The van der Waals surface area contributed by atoms with Gasteiger partial charge in [-0.05, 0) is 58.0 Å². The standard InChI is InChI=1S/C20H23N3O3/c1-5-23-15-8-6-7-9-17(15)26-16-11-10-13(12-14(16)18(23)24)21-19(25)22-20(2,3)4/h6-12H,5H2,1-4H3,(H2,21,22,25). The molecule has 1 aliphatic rings. The highest BCUT2D eigenvalue weighted by Crippen LogP contribution is 2.39. The summed E-state index contributed by atoms with van der Waals surface area (Å²) >= 11 is 0. The van der Waals surface area contributed by atoms with Gasteiger partial charge in [-0.1, -0.05) is 12.1 Å². The quantitative estimate of drug-likeness (QED) is 0.842. The molecule has 26 heavy (non-hydrogen) atoms. The third-order valence-electron chi connectivity index (χ3n) is 3.89. The molecule has 3 rings (SSSR count). The Hall–Kier alpha value is -3.02. The van der Waals surface area contributed by atoms with Gasteiger partial charge < -0.3 is 20.3 Å². The molecule has 0 aromatic heterocycles. The van der Waals surface area contributed by atoms with Crippen LogP contribution >= 0.6 is 0 Å². The molecule has 0 bridgehead atoms. The van der Waals surface area contributed by atoms with Crippen molar-refractivity contribution in [1.82, 2.24) is 5.32 Å². The SMILES string of the molecule is CCN1C(=O)c2cc(NC(=O)NC(C)(C)C)ccc2Oc2ccccc21. The molecular formula is C20H23N3O3. The molecule has 6 nitrogen and oxygen atoms in total. The predicted molar refractivity (Wildman–Crippen MR) is 102 cm³/mol. The van der Waals surface area contributed by atoms with Gasteiger partial charge in [0.25, 0.3) is 5.91 Å². The second-order valence-electron chi connectivity index (χ2n) is 7.16. The fourth-order valence-corrected chi connectivity index (χ4v) is 2.82. The zero-order valence-corrected chi connectivity index (χ0v) is 15.4. The maximum absolute atomic E-state index is 13.0. The first-order valence-corrected chi connectivity index (χ1v) is 8.60. The molecular weight excluding hydrogens is 330 g/mol. The summed E-state index contributed by atoms with van der Waals surface area (Å²) in [5, 5.41) is 5.60. The van der Waals surface area contributed by atoms with Crippen LogP contribution in [0.15, 0.2) is 42.5 Å². The lowest BCUT2D eigenvalue weighted by Gasteiger charge is -2.21. The Balaban J connectivity index is 1.94. The highest BCUT2D eigenvalue weighted by molar-refractivity contribution is 6.10. The lowest BCUT2D eigenvalue weighted by atomic mass is 10.1. The smallest absolute Gasteiger partial charge is 0.319 e. The largest absolute Gasteiger partial charge is 0.454 e. The average Bonchev–Trinajstić information content (AvgIpc) is 2.67. The molecule has 2 aromatic rings. The second-order valence-corrected chi connectivity index (χ2v) is 7.16. The first kappa shape index (κ1) is 17.8. The number of anilines is 2. The van der Waals surface area contributed by atoms with Gasteiger partial charge in [0.05, 0.1) is 11.3 Å². The van der Waals surface area contributed by atoms with Crippen molar-refractivity contribution in [3.05, 3.63) is 48.0 Å². The normalized spacial score (nSPS) is 13.2. The summed E-state index contributed by atoms with van der Waals surface area (Å²) in [4.78, 5) is 26.8. The number of ether oxygens (including phenoxy) is 1. The van der Waals surface area contributed by atoms with Crippen molar-refractivity contribution in [2.24, 2.45) is 0 Å². The number of carbonyl (C=O) groups excluding carboxylic acids is 2. The highest BCUT2D eigenvalue weighted by atomic mass is 16.5. The first-order chi connectivity index (χ1) is 12.3. The molecule has 0 saturated carbocycles. The predicted octanol–water partition coefficient (Wildman–Crippen LogP) is 4.38. The van der Waals surface area contributed by atoms with Crippen molar-refractivity contribution in [2.75, 3.05) is 16.8 Å². The van der Waals surface area contributed by atoms with Crippen LogP contribution < -0.4 is 20.3 Å². The lowest BCUT2D eigenvalue weighted by Crippen LogP contribution is -2.43. The molecule has 1 heterocycles. The van der Waals surface area contributed by atoms with E-state index in [9.17, 15) is 9.59 Å². The molecule has 0 spiro atoms. The number of urea groups is 1. The molecule has 6 heteroatoms. The van der Waals surface area contributed by atoms with Gasteiger partial charge in [0, 0.05) is 17.8 Å². The van der Waals surface area contributed by atoms with Crippen LogP contribution in [0, 0.1) is 0 Å². The van der Waals surface area contributed by atoms with Crippen molar-refractivity contribution >= 4 is 23.3 Å². The van der Waals surface area contributed by atoms with Gasteiger partial charge >= 0.3 is 6.03 Å². The van der Waals surface area contributed by atoms with E-state index in [0.29, 0.717) is 29.3 Å². The van der Waals surface area contributed by atoms with Crippen LogP contribution in [-0.2, 0) is 0 Å². The van der Waals surface area contributed by atoms with E-state index in [-0.39, 0.29) is 17.5 Å². The summed E-state index contributed by atoms with van der Waals surface area (Å²) in [5.41, 5.74) is 1.33. The Bertz CT molecular complexity index is 856. The molecule has 136 valence electrons. The minimum Gasteiger partial charge on any atom is -0.454 e. The molecule has 2 N–H and O–H groups in total. The third kappa shape index (κ3) is 3.64. The van der Waals surface area contributed by atoms with Crippen LogP contribution in [-0.4, -0.2) is 24.0 Å². The fraction of sp³-hybridized carbons (Fsp3) is 0.300. The van der Waals surface area contributed by atoms with Crippen molar-refractivity contribution in [1.29, 1.82) is 0 Å². The van der Waals surface area contributed by atoms with E-state index in [4.69, 9.17) is 4.74 Å². The maximum Gasteiger partial charge on any atom is 0.319 e. The van der Waals surface area contributed by atoms with Gasteiger partial charge in [0.2, 0.25) is 0 Å². The number of hydrogen-bond donors (Lipinski definition) is 2. The van der Waals surface area contributed by atoms with E-state index in [1.165, 1.54) is 0 Å². The third-order valence-corrected chi connectivity index (χ3v) is 3.89. The lowest BCUT2D eigenvalue weighted by molar-refractivity contribution is 0.0988. The highest BCUT2D eigenvalue weighted by Gasteiger charge is 2.27. The molecule has 0 radical (unpaired) electrons. The van der Waals surface area contributed by atoms with Crippen molar-refractivity contribution < 1.29 is 14.3 Å². The van der Waals surface area contributed by atoms with Gasteiger partial charge in [-0.3, -0.25) is 4.79 Å². The van der Waals surface area contributed by atoms with Gasteiger partial charge in [0.15, 0.2) is 5.75 Å². The van der Waals surface area contributed by atoms with E-state index in [1.807, 2.05) is 52.0 Å². The van der Waals surface area contributed by atoms with Crippen molar-refractivity contribution in [3.8, 4) is 11.5 Å². The number of nitrogens with one attached hydrogen (secondary N) is 2. The number of hydrogen-bond acceptors (Lipinski definition) is 3. The number of nitrogens with zero attached hydrogens (tertiary/aromatic N) is 1. The number of benzene rings is 2. The van der Waals surface area contributed by atoms with E-state index in [1.54, 1.807) is 23.1 Å². The fourth-order valence-electron chi connectivity index (χ4n) is 2.82. The molecule has 0 saturated heterocycles. The molecule has 0 unspecified atom stereocenters. The minimum absolute atomic E-state index is 0.160. The average molecular weight is 353 g/mol. The number of para-hydroxylation sites is 2.